The molecule has 0 saturated carbocycles. The third-order valence-corrected chi connectivity index (χ3v) is 4.44. The molecule has 0 spiro atoms. The maximum absolute atomic E-state index is 12.1. The molecule has 1 atom stereocenters. The number of carbonyl (C=O) groups is 2. The molecule has 1 radical (unpaired) electrons. The van der Waals surface area contributed by atoms with Crippen molar-refractivity contribution in [1.82, 2.24) is 0 Å². The number of nitrogens with zero attached hydrogens (tertiary/aromatic N) is 1. The van der Waals surface area contributed by atoms with E-state index in [-0.39, 0.29) is 40.5 Å². The molecule has 4 nitrogen and oxygen atoms in total. The molecule has 0 aromatic rings. The van der Waals surface area contributed by atoms with Gasteiger partial charge in [0.1, 0.15) is 13.2 Å². The molecule has 21 heavy (non-hydrogen) atoms. The Morgan fingerprint density at radius 2 is 1.90 bits per heavy atom. The number of quaternary nitrogens is 1. The zero-order chi connectivity index (χ0) is 15.9. The Morgan fingerprint density at radius 1 is 1.43 bits per heavy atom. The molecule has 1 heterocycles. The summed E-state index contributed by atoms with van der Waals surface area (Å²) < 4.78 is 1.69. The van der Waals surface area contributed by atoms with E-state index in [0.29, 0.717) is 5.57 Å². The Balaban J connectivity index is 0.00000400. The molecule has 125 valence electrons. The minimum Gasteiger partial charge on any atom is -0.478 e. The molecule has 0 aliphatic carbocycles. The molecule has 1 rings (SSSR count). The number of likely N-dealkylation sites (tertiary alicyclic amines) is 1. The van der Waals surface area contributed by atoms with E-state index in [1.807, 2.05) is 0 Å². The maximum Gasteiger partial charge on any atom is 0.391 e. The number of β-lactam (4-membered cyclic amide) rings is 1. The van der Waals surface area contributed by atoms with Crippen LogP contribution in [-0.4, -0.2) is 35.9 Å². The third kappa shape index (κ3) is 5.37. The predicted molar refractivity (Wildman–Crippen MR) is 87.7 cm³/mol. The van der Waals surface area contributed by atoms with Crippen LogP contribution in [0.15, 0.2) is 11.3 Å². The van der Waals surface area contributed by atoms with E-state index in [2.05, 4.69) is 31.9 Å². The van der Waals surface area contributed by atoms with E-state index in [1.165, 1.54) is 0 Å². The van der Waals surface area contributed by atoms with Crippen LogP contribution in [0.4, 0.5) is 0 Å². The minimum atomic E-state index is -1.72. The van der Waals surface area contributed by atoms with Gasteiger partial charge in [0.25, 0.3) is 0 Å². The number of hydrogen-bond donors (Lipinski definition) is 0. The van der Waals surface area contributed by atoms with E-state index in [9.17, 15) is 9.59 Å². The zero-order valence-electron chi connectivity index (χ0n) is 10.7. The summed E-state index contributed by atoms with van der Waals surface area (Å²) in [5, 5.41) is 0. The van der Waals surface area contributed by atoms with Gasteiger partial charge in [0, 0.05) is 22.4 Å². The summed E-state index contributed by atoms with van der Waals surface area (Å²) in [7, 11) is 0. The standard InChI is InChI=1S/C10H10Br2Cl3NO3S.Ag/c1-5(2)6(7(17)19-4-10(13,14)15)16(20)3-9(11,12)8(16)18;/h3-4H2,1-2H3;. The van der Waals surface area contributed by atoms with Crippen molar-refractivity contribution in [3.8, 4) is 0 Å². The minimum absolute atomic E-state index is 0. The smallest absolute Gasteiger partial charge is 0.391 e. The van der Waals surface area contributed by atoms with Crippen molar-refractivity contribution in [2.75, 3.05) is 13.2 Å². The van der Waals surface area contributed by atoms with Crippen molar-refractivity contribution in [1.29, 1.82) is 0 Å². The maximum atomic E-state index is 12.1. The van der Waals surface area contributed by atoms with E-state index >= 15 is 0 Å². The van der Waals surface area contributed by atoms with Crippen LogP contribution in [0.25, 0.3) is 0 Å². The Morgan fingerprint density at radius 3 is 2.19 bits per heavy atom. The number of rotatable bonds is 3. The molecule has 1 fully saturated rings. The second kappa shape index (κ2) is 7.76. The Hall–Kier alpha value is 1.76. The SMILES string of the molecule is CC(C)=C(C(=O)OCC(Cl)(Cl)Cl)[N+]1([S-])CC(Br)(Br)C1=O.[Ag]. The molecule has 0 aromatic heterocycles. The first-order valence-corrected chi connectivity index (χ1v) is 8.33. The summed E-state index contributed by atoms with van der Waals surface area (Å²) >= 11 is 28.2. The summed E-state index contributed by atoms with van der Waals surface area (Å²) in [4.78, 5) is 24.2. The zero-order valence-corrected chi connectivity index (χ0v) is 18.4. The summed E-state index contributed by atoms with van der Waals surface area (Å²) in [6.45, 7) is 3.08. The van der Waals surface area contributed by atoms with Crippen molar-refractivity contribution in [2.45, 2.75) is 20.9 Å². The molecule has 0 aromatic carbocycles. The second-order valence-electron chi connectivity index (χ2n) is 4.45. The first-order chi connectivity index (χ1) is 8.81. The van der Waals surface area contributed by atoms with Gasteiger partial charge >= 0.3 is 11.9 Å². The van der Waals surface area contributed by atoms with Gasteiger partial charge in [-0.25, -0.2) is 9.59 Å². The molecule has 1 aliphatic rings. The van der Waals surface area contributed by atoms with Crippen molar-refractivity contribution in [3.63, 3.8) is 0 Å². The van der Waals surface area contributed by atoms with Crippen LogP contribution in [0.3, 0.4) is 0 Å². The number of hydrogen-bond acceptors (Lipinski definition) is 4. The number of alkyl halides is 5. The fourth-order valence-corrected chi connectivity index (χ4v) is 4.40. The van der Waals surface area contributed by atoms with Crippen molar-refractivity contribution >= 4 is 91.4 Å². The molecule has 1 saturated heterocycles. The first kappa shape index (κ1) is 22.8. The Kier molecular flexibility index (Phi) is 8.41. The Labute approximate surface area is 175 Å². The van der Waals surface area contributed by atoms with Gasteiger partial charge in [0.05, 0.1) is 0 Å². The Bertz CT molecular complexity index is 494. The fourth-order valence-electron chi connectivity index (χ4n) is 1.70. The molecule has 0 N–H and O–H groups in total. The number of halogens is 5. The van der Waals surface area contributed by atoms with Gasteiger partial charge in [0.2, 0.25) is 12.7 Å². The average molecular weight is 598 g/mol. The molecule has 1 aliphatic heterocycles. The number of amides is 1. The molecule has 0 bridgehead atoms. The van der Waals surface area contributed by atoms with Gasteiger partial charge in [0.15, 0.2) is 0 Å². The van der Waals surface area contributed by atoms with Gasteiger partial charge in [-0.3, -0.25) is 0 Å². The van der Waals surface area contributed by atoms with Gasteiger partial charge in [-0.15, -0.1) is 0 Å². The summed E-state index contributed by atoms with van der Waals surface area (Å²) in [5.74, 6) is -1.15. The van der Waals surface area contributed by atoms with Gasteiger partial charge in [-0.05, 0) is 19.4 Å². The van der Waals surface area contributed by atoms with E-state index in [1.54, 1.807) is 13.8 Å². The molecule has 1 amide bonds. The fraction of sp³-hybridized carbons (Fsp3) is 0.600. The second-order valence-corrected chi connectivity index (χ2v) is 11.4. The topological polar surface area (TPSA) is 43.4 Å². The largest absolute Gasteiger partial charge is 0.478 e. The van der Waals surface area contributed by atoms with E-state index in [0.717, 1.165) is 0 Å². The molecule has 11 heteroatoms. The number of carbonyl (C=O) groups excluding carboxylic acids is 2. The van der Waals surface area contributed by atoms with E-state index < -0.39 is 23.5 Å². The monoisotopic (exact) mass is 594 g/mol. The normalized spacial score (nSPS) is 23.7. The molecular formula is C10H10AgBr2Cl3NO3S. The van der Waals surface area contributed by atoms with Crippen molar-refractivity contribution < 1.29 is 40.6 Å². The third-order valence-electron chi connectivity index (χ3n) is 2.46. The van der Waals surface area contributed by atoms with Crippen LogP contribution in [-0.2, 0) is 49.5 Å². The van der Waals surface area contributed by atoms with Crippen molar-refractivity contribution in [3.05, 3.63) is 11.3 Å². The number of allylic oxidation sites excluding steroid dienone is 1. The summed E-state index contributed by atoms with van der Waals surface area (Å²) in [5.41, 5.74) is 0.631. The quantitative estimate of drug-likeness (QED) is 0.0950. The van der Waals surface area contributed by atoms with Gasteiger partial charge in [-0.2, -0.15) is 0 Å². The molecular weight excluding hydrogens is 588 g/mol. The van der Waals surface area contributed by atoms with Crippen molar-refractivity contribution in [2.24, 2.45) is 0 Å². The summed E-state index contributed by atoms with van der Waals surface area (Å²) in [6, 6.07) is 0. The van der Waals surface area contributed by atoms with Crippen LogP contribution in [0.5, 0.6) is 0 Å². The van der Waals surface area contributed by atoms with Crippen LogP contribution in [0, 0.1) is 0 Å². The number of esters is 1. The predicted octanol–water partition coefficient (Wildman–Crippen LogP) is 3.50. The number of ether oxygens (including phenoxy) is 1. The van der Waals surface area contributed by atoms with Crippen LogP contribution in [0.2, 0.25) is 0 Å². The average Bonchev–Trinajstić information content (AvgIpc) is 2.23. The summed E-state index contributed by atoms with van der Waals surface area (Å²) in [6.07, 6.45) is 0. The van der Waals surface area contributed by atoms with Crippen LogP contribution < -0.4 is 0 Å². The van der Waals surface area contributed by atoms with Gasteiger partial charge in [-0.1, -0.05) is 66.7 Å². The molecule has 1 unspecified atom stereocenters. The van der Waals surface area contributed by atoms with Crippen LogP contribution >= 0.6 is 66.7 Å². The van der Waals surface area contributed by atoms with E-state index in [4.69, 9.17) is 52.4 Å². The van der Waals surface area contributed by atoms with Gasteiger partial charge < -0.3 is 21.4 Å². The van der Waals surface area contributed by atoms with Crippen LogP contribution in [0.1, 0.15) is 13.8 Å². The first-order valence-electron chi connectivity index (χ1n) is 5.25.